The molecule has 1 aliphatic heterocycles. The molecule has 0 saturated carbocycles. The molecular weight excluding hydrogens is 318 g/mol. The molecule has 1 saturated heterocycles. The second kappa shape index (κ2) is 8.28. The van der Waals surface area contributed by atoms with Crippen molar-refractivity contribution < 1.29 is 17.9 Å². The van der Waals surface area contributed by atoms with Gasteiger partial charge in [-0.1, -0.05) is 12.1 Å². The van der Waals surface area contributed by atoms with Crippen LogP contribution in [0, 0.1) is 0 Å². The average Bonchev–Trinajstić information content (AvgIpc) is 2.51. The normalized spacial score (nSPS) is 16.0. The molecule has 2 N–H and O–H groups in total. The van der Waals surface area contributed by atoms with E-state index in [9.17, 15) is 13.2 Å². The Morgan fingerprint density at radius 2 is 1.96 bits per heavy atom. The molecule has 2 rings (SSSR count). The van der Waals surface area contributed by atoms with Crippen molar-refractivity contribution in [3.05, 3.63) is 29.8 Å². The molecule has 1 aliphatic rings. The van der Waals surface area contributed by atoms with Gasteiger partial charge < -0.3 is 10.1 Å². The Hall–Kier alpha value is -1.64. The summed E-state index contributed by atoms with van der Waals surface area (Å²) in [5.74, 6) is -0.279. The van der Waals surface area contributed by atoms with E-state index >= 15 is 0 Å². The first-order valence-corrected chi connectivity index (χ1v) is 9.50. The number of hydrogen-bond donors (Lipinski definition) is 2. The van der Waals surface area contributed by atoms with Gasteiger partial charge in [0.05, 0.1) is 30.7 Å². The molecule has 1 amide bonds. The van der Waals surface area contributed by atoms with Crippen LogP contribution in [0.5, 0.6) is 0 Å². The molecule has 0 aliphatic carbocycles. The molecule has 0 radical (unpaired) electrons. The number of carbonyl (C=O) groups is 1. The lowest BCUT2D eigenvalue weighted by molar-refractivity contribution is 0.0374. The van der Waals surface area contributed by atoms with Crippen molar-refractivity contribution in [1.29, 1.82) is 0 Å². The van der Waals surface area contributed by atoms with Crippen LogP contribution in [0.15, 0.2) is 24.3 Å². The predicted octanol–water partition coefficient (Wildman–Crippen LogP) is 0.510. The molecule has 8 heteroatoms. The van der Waals surface area contributed by atoms with Gasteiger partial charge in [-0.05, 0) is 25.1 Å². The lowest BCUT2D eigenvalue weighted by Crippen LogP contribution is -2.38. The molecule has 0 atom stereocenters. The number of morpholine rings is 1. The number of amides is 1. The van der Waals surface area contributed by atoms with Gasteiger partial charge in [-0.2, -0.15) is 0 Å². The van der Waals surface area contributed by atoms with E-state index in [1.54, 1.807) is 24.3 Å². The Balaban J connectivity index is 1.83. The van der Waals surface area contributed by atoms with Gasteiger partial charge in [0.15, 0.2) is 0 Å². The first-order chi connectivity index (χ1) is 11.0. The van der Waals surface area contributed by atoms with Crippen molar-refractivity contribution in [3.63, 3.8) is 0 Å². The Morgan fingerprint density at radius 1 is 1.26 bits per heavy atom. The maximum absolute atomic E-state index is 12.2. The molecule has 0 bridgehead atoms. The van der Waals surface area contributed by atoms with E-state index in [1.807, 2.05) is 0 Å². The van der Waals surface area contributed by atoms with E-state index in [-0.39, 0.29) is 5.91 Å². The fourth-order valence-corrected chi connectivity index (χ4v) is 2.97. The summed E-state index contributed by atoms with van der Waals surface area (Å²) >= 11 is 0. The maximum Gasteiger partial charge on any atom is 0.253 e. The Bertz CT molecular complexity index is 627. The Kier molecular flexibility index (Phi) is 6.37. The van der Waals surface area contributed by atoms with Crippen LogP contribution in [-0.4, -0.2) is 64.9 Å². The molecule has 128 valence electrons. The number of carbonyl (C=O) groups excluding carboxylic acids is 1. The molecule has 23 heavy (non-hydrogen) atoms. The summed E-state index contributed by atoms with van der Waals surface area (Å²) < 4.78 is 30.4. The van der Waals surface area contributed by atoms with Crippen LogP contribution in [0.3, 0.4) is 0 Å². The summed E-state index contributed by atoms with van der Waals surface area (Å²) in [5, 5.41) is 2.83. The third-order valence-corrected chi connectivity index (χ3v) is 4.10. The van der Waals surface area contributed by atoms with Crippen molar-refractivity contribution in [2.24, 2.45) is 0 Å². The zero-order chi connectivity index (χ0) is 16.7. The summed E-state index contributed by atoms with van der Waals surface area (Å²) in [6, 6.07) is 6.56. The number of sulfonamides is 1. The van der Waals surface area contributed by atoms with Gasteiger partial charge in [0.1, 0.15) is 0 Å². The van der Waals surface area contributed by atoms with Crippen molar-refractivity contribution in [2.45, 2.75) is 6.42 Å². The second-order valence-corrected chi connectivity index (χ2v) is 7.23. The van der Waals surface area contributed by atoms with Gasteiger partial charge in [-0.15, -0.1) is 0 Å². The number of nitrogens with zero attached hydrogens (tertiary/aromatic N) is 1. The first kappa shape index (κ1) is 17.7. The summed E-state index contributed by atoms with van der Waals surface area (Å²) in [7, 11) is -3.42. The molecular formula is C15H23N3O4S. The number of hydrogen-bond acceptors (Lipinski definition) is 5. The molecule has 7 nitrogen and oxygen atoms in total. The maximum atomic E-state index is 12.2. The van der Waals surface area contributed by atoms with Gasteiger partial charge in [0.25, 0.3) is 5.91 Å². The summed E-state index contributed by atoms with van der Waals surface area (Å²) in [5.41, 5.74) is 0.616. The van der Waals surface area contributed by atoms with Crippen LogP contribution in [0.1, 0.15) is 16.8 Å². The van der Waals surface area contributed by atoms with Crippen LogP contribution in [0.25, 0.3) is 0 Å². The molecule has 0 aromatic heterocycles. The third kappa shape index (κ3) is 6.17. The molecule has 1 heterocycles. The number of rotatable bonds is 7. The number of nitrogens with one attached hydrogen (secondary N) is 2. The van der Waals surface area contributed by atoms with Gasteiger partial charge in [0.2, 0.25) is 10.0 Å². The van der Waals surface area contributed by atoms with Crippen molar-refractivity contribution >= 4 is 21.6 Å². The highest BCUT2D eigenvalue weighted by Gasteiger charge is 2.14. The quantitative estimate of drug-likeness (QED) is 0.706. The van der Waals surface area contributed by atoms with Gasteiger partial charge in [0, 0.05) is 19.6 Å². The van der Waals surface area contributed by atoms with Gasteiger partial charge >= 0.3 is 0 Å². The lowest BCUT2D eigenvalue weighted by atomic mass is 10.1. The Morgan fingerprint density at radius 3 is 2.65 bits per heavy atom. The van der Waals surface area contributed by atoms with Gasteiger partial charge in [-0.3, -0.25) is 14.4 Å². The smallest absolute Gasteiger partial charge is 0.253 e. The topological polar surface area (TPSA) is 87.7 Å². The van der Waals surface area contributed by atoms with E-state index in [4.69, 9.17) is 4.74 Å². The number of benzene rings is 1. The Labute approximate surface area is 137 Å². The van der Waals surface area contributed by atoms with Crippen LogP contribution in [0.4, 0.5) is 5.69 Å². The third-order valence-electron chi connectivity index (χ3n) is 3.51. The lowest BCUT2D eigenvalue weighted by Gasteiger charge is -2.26. The standard InChI is InChI=1S/C15H23N3O4S/c1-23(20,21)17-14-6-3-2-5-13(14)15(19)16-7-4-8-18-9-11-22-12-10-18/h2-3,5-6,17H,4,7-12H2,1H3,(H,16,19). The highest BCUT2D eigenvalue weighted by Crippen LogP contribution is 2.16. The summed E-state index contributed by atoms with van der Waals surface area (Å²) in [4.78, 5) is 14.5. The zero-order valence-electron chi connectivity index (χ0n) is 13.2. The summed E-state index contributed by atoms with van der Waals surface area (Å²) in [6.07, 6.45) is 1.90. The first-order valence-electron chi connectivity index (χ1n) is 7.61. The number of anilines is 1. The van der Waals surface area contributed by atoms with Crippen molar-refractivity contribution in [2.75, 3.05) is 50.4 Å². The molecule has 1 aromatic rings. The van der Waals surface area contributed by atoms with E-state index in [1.165, 1.54) is 0 Å². The van der Waals surface area contributed by atoms with Crippen LogP contribution in [-0.2, 0) is 14.8 Å². The van der Waals surface area contributed by atoms with Crippen LogP contribution >= 0.6 is 0 Å². The monoisotopic (exact) mass is 341 g/mol. The number of ether oxygens (including phenoxy) is 1. The summed E-state index contributed by atoms with van der Waals surface area (Å²) in [6.45, 7) is 4.83. The van der Waals surface area contributed by atoms with Crippen LogP contribution in [0.2, 0.25) is 0 Å². The molecule has 1 aromatic carbocycles. The van der Waals surface area contributed by atoms with Crippen LogP contribution < -0.4 is 10.0 Å². The SMILES string of the molecule is CS(=O)(=O)Nc1ccccc1C(=O)NCCCN1CCOCC1. The van der Waals surface area contributed by atoms with E-state index in [0.717, 1.165) is 45.5 Å². The van der Waals surface area contributed by atoms with E-state index < -0.39 is 10.0 Å². The largest absolute Gasteiger partial charge is 0.379 e. The fraction of sp³-hybridized carbons (Fsp3) is 0.533. The minimum Gasteiger partial charge on any atom is -0.379 e. The molecule has 0 unspecified atom stereocenters. The minimum atomic E-state index is -3.42. The zero-order valence-corrected chi connectivity index (χ0v) is 14.1. The number of para-hydroxylation sites is 1. The highest BCUT2D eigenvalue weighted by atomic mass is 32.2. The van der Waals surface area contributed by atoms with Crippen molar-refractivity contribution in [3.8, 4) is 0 Å². The molecule has 0 spiro atoms. The van der Waals surface area contributed by atoms with Gasteiger partial charge in [-0.25, -0.2) is 8.42 Å². The molecule has 1 fully saturated rings. The van der Waals surface area contributed by atoms with E-state index in [2.05, 4.69) is 14.9 Å². The minimum absolute atomic E-state index is 0.279. The fourth-order valence-electron chi connectivity index (χ4n) is 2.39. The predicted molar refractivity (Wildman–Crippen MR) is 89.1 cm³/mol. The second-order valence-electron chi connectivity index (χ2n) is 5.48. The highest BCUT2D eigenvalue weighted by molar-refractivity contribution is 7.92. The van der Waals surface area contributed by atoms with Crippen molar-refractivity contribution in [1.82, 2.24) is 10.2 Å². The van der Waals surface area contributed by atoms with E-state index in [0.29, 0.717) is 17.8 Å². The average molecular weight is 341 g/mol.